The van der Waals surface area contributed by atoms with Gasteiger partial charge in [0.25, 0.3) is 0 Å². The molecule has 1 rings (SSSR count). The van der Waals surface area contributed by atoms with E-state index >= 15 is 0 Å². The van der Waals surface area contributed by atoms with Crippen LogP contribution < -0.4 is 5.32 Å². The molecule has 0 aliphatic rings. The fraction of sp³-hybridized carbons (Fsp3) is 0.667. The molecule has 0 amide bonds. The average molecular weight is 281 g/mol. The van der Waals surface area contributed by atoms with Gasteiger partial charge in [-0.15, -0.1) is 0 Å². The Hall–Kier alpha value is -1.17. The molecule has 0 fully saturated rings. The van der Waals surface area contributed by atoms with Crippen LogP contribution in [0.1, 0.15) is 19.4 Å². The molecule has 0 aliphatic carbocycles. The van der Waals surface area contributed by atoms with Crippen LogP contribution in [0.2, 0.25) is 0 Å². The van der Waals surface area contributed by atoms with Gasteiger partial charge in [-0.05, 0) is 31.5 Å². The molecule has 1 aromatic heterocycles. The second-order valence-corrected chi connectivity index (χ2v) is 4.47. The summed E-state index contributed by atoms with van der Waals surface area (Å²) in [4.78, 5) is 6.58. The van der Waals surface area contributed by atoms with E-state index < -0.39 is 0 Å². The van der Waals surface area contributed by atoms with E-state index in [1.165, 1.54) is 5.56 Å². The van der Waals surface area contributed by atoms with Crippen LogP contribution in [-0.4, -0.2) is 56.4 Å². The van der Waals surface area contributed by atoms with Crippen molar-refractivity contribution in [1.29, 1.82) is 0 Å². The van der Waals surface area contributed by atoms with E-state index in [0.29, 0.717) is 0 Å². The van der Waals surface area contributed by atoms with Gasteiger partial charge in [-0.1, -0.05) is 0 Å². The normalized spacial score (nSPS) is 11.0. The largest absolute Gasteiger partial charge is 0.380 e. The summed E-state index contributed by atoms with van der Waals surface area (Å²) in [6, 6.07) is 4.13. The molecule has 0 aromatic carbocycles. The number of anilines is 1. The molecule has 5 nitrogen and oxygen atoms in total. The number of nitrogens with one attached hydrogen (secondary N) is 1. The van der Waals surface area contributed by atoms with Gasteiger partial charge in [0.1, 0.15) is 5.82 Å². The molecule has 0 unspecified atom stereocenters. The van der Waals surface area contributed by atoms with Crippen molar-refractivity contribution in [3.63, 3.8) is 0 Å². The zero-order chi connectivity index (χ0) is 14.6. The number of nitrogens with zero attached hydrogens (tertiary/aromatic N) is 2. The Morgan fingerprint density at radius 2 is 1.80 bits per heavy atom. The Morgan fingerprint density at radius 3 is 2.35 bits per heavy atom. The van der Waals surface area contributed by atoms with Crippen molar-refractivity contribution in [3.05, 3.63) is 23.9 Å². The number of pyridine rings is 1. The van der Waals surface area contributed by atoms with Crippen molar-refractivity contribution in [2.75, 3.05) is 51.9 Å². The van der Waals surface area contributed by atoms with Crippen LogP contribution in [0.5, 0.6) is 0 Å². The third kappa shape index (κ3) is 6.84. The van der Waals surface area contributed by atoms with Crippen LogP contribution in [0.25, 0.3) is 0 Å². The van der Waals surface area contributed by atoms with Gasteiger partial charge in [-0.25, -0.2) is 4.98 Å². The summed E-state index contributed by atoms with van der Waals surface area (Å²) in [5, 5.41) is 3.07. The van der Waals surface area contributed by atoms with E-state index in [2.05, 4.69) is 27.3 Å². The van der Waals surface area contributed by atoms with Gasteiger partial charge in [0.05, 0.1) is 13.2 Å². The summed E-state index contributed by atoms with van der Waals surface area (Å²) in [5.74, 6) is 0.900. The Bertz CT molecular complexity index is 351. The predicted octanol–water partition coefficient (Wildman–Crippen LogP) is 2.00. The highest BCUT2D eigenvalue weighted by Crippen LogP contribution is 2.09. The molecule has 114 valence electrons. The first-order chi connectivity index (χ1) is 9.80. The maximum absolute atomic E-state index is 5.45. The Morgan fingerprint density at radius 1 is 1.15 bits per heavy atom. The highest BCUT2D eigenvalue weighted by Gasteiger charge is 2.07. The zero-order valence-corrected chi connectivity index (χ0v) is 12.9. The zero-order valence-electron chi connectivity index (χ0n) is 12.9. The lowest BCUT2D eigenvalue weighted by Gasteiger charge is -2.22. The first-order valence-corrected chi connectivity index (χ1v) is 7.30. The van der Waals surface area contributed by atoms with E-state index in [9.17, 15) is 0 Å². The van der Waals surface area contributed by atoms with Crippen LogP contribution in [0.15, 0.2) is 18.3 Å². The minimum Gasteiger partial charge on any atom is -0.380 e. The van der Waals surface area contributed by atoms with Gasteiger partial charge in [0.2, 0.25) is 0 Å². The SMILES string of the molecule is CCOCCN(CCOCC)Cc1ccnc(NC)c1. The summed E-state index contributed by atoms with van der Waals surface area (Å²) in [6.07, 6.45) is 1.84. The first kappa shape index (κ1) is 16.9. The lowest BCUT2D eigenvalue weighted by Crippen LogP contribution is -2.30. The molecule has 0 aliphatic heterocycles. The van der Waals surface area contributed by atoms with Crippen LogP contribution in [0.4, 0.5) is 5.82 Å². The molecule has 0 spiro atoms. The molecule has 0 radical (unpaired) electrons. The standard InChI is InChI=1S/C15H27N3O2/c1-4-19-10-8-18(9-11-20-5-2)13-14-6-7-17-15(12-14)16-3/h6-7,12H,4-5,8-11,13H2,1-3H3,(H,16,17). The quantitative estimate of drug-likeness (QED) is 0.629. The van der Waals surface area contributed by atoms with Gasteiger partial charge in [0, 0.05) is 46.1 Å². The molecule has 5 heteroatoms. The molecule has 0 saturated carbocycles. The number of ether oxygens (including phenoxy) is 2. The van der Waals surface area contributed by atoms with Crippen molar-refractivity contribution in [3.8, 4) is 0 Å². The summed E-state index contributed by atoms with van der Waals surface area (Å²) < 4.78 is 10.9. The minimum absolute atomic E-state index is 0.757. The fourth-order valence-corrected chi connectivity index (χ4v) is 1.91. The second kappa shape index (κ2) is 10.6. The van der Waals surface area contributed by atoms with E-state index in [-0.39, 0.29) is 0 Å². The molecule has 0 atom stereocenters. The van der Waals surface area contributed by atoms with Gasteiger partial charge in [0.15, 0.2) is 0 Å². The molecule has 20 heavy (non-hydrogen) atoms. The topological polar surface area (TPSA) is 46.6 Å². The van der Waals surface area contributed by atoms with Crippen molar-refractivity contribution in [2.45, 2.75) is 20.4 Å². The highest BCUT2D eigenvalue weighted by atomic mass is 16.5. The monoisotopic (exact) mass is 281 g/mol. The number of aromatic nitrogens is 1. The van der Waals surface area contributed by atoms with Gasteiger partial charge < -0.3 is 14.8 Å². The maximum Gasteiger partial charge on any atom is 0.125 e. The summed E-state index contributed by atoms with van der Waals surface area (Å²) in [6.45, 7) is 9.79. The lowest BCUT2D eigenvalue weighted by molar-refractivity contribution is 0.0798. The van der Waals surface area contributed by atoms with Gasteiger partial charge in [-0.2, -0.15) is 0 Å². The second-order valence-electron chi connectivity index (χ2n) is 4.47. The molecule has 0 saturated heterocycles. The molecular weight excluding hydrogens is 254 g/mol. The molecule has 1 N–H and O–H groups in total. The van der Waals surface area contributed by atoms with E-state index in [1.54, 1.807) is 0 Å². The summed E-state index contributed by atoms with van der Waals surface area (Å²) in [5.41, 5.74) is 1.25. The van der Waals surface area contributed by atoms with Gasteiger partial charge >= 0.3 is 0 Å². The predicted molar refractivity (Wildman–Crippen MR) is 82.0 cm³/mol. The molecule has 1 heterocycles. The first-order valence-electron chi connectivity index (χ1n) is 7.30. The van der Waals surface area contributed by atoms with Crippen LogP contribution in [0, 0.1) is 0 Å². The van der Waals surface area contributed by atoms with E-state index in [4.69, 9.17) is 9.47 Å². The van der Waals surface area contributed by atoms with Crippen molar-refractivity contribution in [2.24, 2.45) is 0 Å². The van der Waals surface area contributed by atoms with Crippen molar-refractivity contribution in [1.82, 2.24) is 9.88 Å². The van der Waals surface area contributed by atoms with Crippen molar-refractivity contribution >= 4 is 5.82 Å². The van der Waals surface area contributed by atoms with Crippen molar-refractivity contribution < 1.29 is 9.47 Å². The maximum atomic E-state index is 5.45. The highest BCUT2D eigenvalue weighted by molar-refractivity contribution is 5.36. The average Bonchev–Trinajstić information content (AvgIpc) is 2.47. The van der Waals surface area contributed by atoms with Crippen LogP contribution in [0.3, 0.4) is 0 Å². The fourth-order valence-electron chi connectivity index (χ4n) is 1.91. The van der Waals surface area contributed by atoms with E-state index in [1.807, 2.05) is 27.1 Å². The Balaban J connectivity index is 2.51. The Kier molecular flexibility index (Phi) is 8.95. The molecular formula is C15H27N3O2. The number of rotatable bonds is 11. The summed E-state index contributed by atoms with van der Waals surface area (Å²) in [7, 11) is 1.88. The third-order valence-electron chi connectivity index (χ3n) is 3.00. The molecule has 1 aromatic rings. The Labute approximate surface area is 122 Å². The summed E-state index contributed by atoms with van der Waals surface area (Å²) >= 11 is 0. The van der Waals surface area contributed by atoms with E-state index in [0.717, 1.165) is 51.9 Å². The van der Waals surface area contributed by atoms with Gasteiger partial charge in [-0.3, -0.25) is 4.90 Å². The smallest absolute Gasteiger partial charge is 0.125 e. The number of hydrogen-bond acceptors (Lipinski definition) is 5. The number of hydrogen-bond donors (Lipinski definition) is 1. The molecule has 0 bridgehead atoms. The van der Waals surface area contributed by atoms with Crippen LogP contribution in [-0.2, 0) is 16.0 Å². The third-order valence-corrected chi connectivity index (χ3v) is 3.00. The lowest BCUT2D eigenvalue weighted by atomic mass is 10.2. The van der Waals surface area contributed by atoms with Crippen LogP contribution >= 0.6 is 0 Å². The minimum atomic E-state index is 0.757.